The minimum atomic E-state index is -0.969. The van der Waals surface area contributed by atoms with Gasteiger partial charge < -0.3 is 10.6 Å². The number of thiophene rings is 1. The van der Waals surface area contributed by atoms with Crippen LogP contribution in [0.15, 0.2) is 35.0 Å². The van der Waals surface area contributed by atoms with E-state index in [9.17, 15) is 18.4 Å². The van der Waals surface area contributed by atoms with E-state index in [1.807, 2.05) is 5.38 Å². The number of amides is 2. The van der Waals surface area contributed by atoms with Gasteiger partial charge in [-0.2, -0.15) is 11.3 Å². The van der Waals surface area contributed by atoms with Gasteiger partial charge in [-0.25, -0.2) is 8.78 Å². The third-order valence-corrected chi connectivity index (χ3v) is 5.35. The molecule has 0 unspecified atom stereocenters. The Balaban J connectivity index is 1.62. The standard InChI is InChI=1S/C18H18F2N2O2S/c19-13-3-4-15(14(20)9-13)22-17(24)16(23)21-11-18(6-1-2-7-18)12-5-8-25-10-12/h3-5,8-10H,1-2,6-7,11H2,(H,21,23)(H,22,24). The highest BCUT2D eigenvalue weighted by Crippen LogP contribution is 2.41. The van der Waals surface area contributed by atoms with E-state index < -0.39 is 23.4 Å². The maximum atomic E-state index is 13.6. The van der Waals surface area contributed by atoms with E-state index in [4.69, 9.17) is 0 Å². The predicted molar refractivity (Wildman–Crippen MR) is 92.5 cm³/mol. The molecule has 25 heavy (non-hydrogen) atoms. The van der Waals surface area contributed by atoms with Crippen molar-refractivity contribution in [2.24, 2.45) is 0 Å². The summed E-state index contributed by atoms with van der Waals surface area (Å²) in [4.78, 5) is 24.0. The van der Waals surface area contributed by atoms with Crippen molar-refractivity contribution in [2.75, 3.05) is 11.9 Å². The minimum absolute atomic E-state index is 0.142. The molecule has 0 atom stereocenters. The Labute approximate surface area is 148 Å². The molecule has 1 aliphatic rings. The molecule has 2 aromatic rings. The SMILES string of the molecule is O=C(NCC1(c2ccsc2)CCCC1)C(=O)Nc1ccc(F)cc1F. The molecule has 1 aromatic heterocycles. The summed E-state index contributed by atoms with van der Waals surface area (Å²) in [6.45, 7) is 0.363. The number of nitrogens with one attached hydrogen (secondary N) is 2. The Kier molecular flexibility index (Phi) is 5.13. The van der Waals surface area contributed by atoms with Crippen molar-refractivity contribution in [1.82, 2.24) is 5.32 Å². The summed E-state index contributed by atoms with van der Waals surface area (Å²) in [5, 5.41) is 8.91. The molecule has 2 amide bonds. The van der Waals surface area contributed by atoms with Crippen LogP contribution in [0.2, 0.25) is 0 Å². The average molecular weight is 364 g/mol. The number of hydrogen-bond acceptors (Lipinski definition) is 3. The normalized spacial score (nSPS) is 15.8. The van der Waals surface area contributed by atoms with Crippen LogP contribution in [0, 0.1) is 11.6 Å². The molecule has 3 rings (SSSR count). The number of carbonyl (C=O) groups is 2. The molecule has 0 spiro atoms. The molecule has 7 heteroatoms. The van der Waals surface area contributed by atoms with Gasteiger partial charge >= 0.3 is 11.8 Å². The fourth-order valence-corrected chi connectivity index (χ4v) is 4.06. The maximum absolute atomic E-state index is 13.6. The number of hydrogen-bond donors (Lipinski definition) is 2. The smallest absolute Gasteiger partial charge is 0.313 e. The first-order valence-corrected chi connectivity index (χ1v) is 9.01. The molecule has 0 saturated heterocycles. The lowest BCUT2D eigenvalue weighted by atomic mass is 9.80. The summed E-state index contributed by atoms with van der Waals surface area (Å²) < 4.78 is 26.5. The summed E-state index contributed by atoms with van der Waals surface area (Å²) in [5.41, 5.74) is 0.812. The first-order chi connectivity index (χ1) is 12.0. The highest BCUT2D eigenvalue weighted by atomic mass is 32.1. The van der Waals surface area contributed by atoms with Crippen molar-refractivity contribution in [1.29, 1.82) is 0 Å². The molecule has 1 saturated carbocycles. The van der Waals surface area contributed by atoms with Gasteiger partial charge in [0, 0.05) is 18.0 Å². The van der Waals surface area contributed by atoms with E-state index in [1.54, 1.807) is 11.3 Å². The minimum Gasteiger partial charge on any atom is -0.347 e. The Morgan fingerprint density at radius 2 is 1.88 bits per heavy atom. The van der Waals surface area contributed by atoms with Gasteiger partial charge in [-0.3, -0.25) is 9.59 Å². The van der Waals surface area contributed by atoms with Gasteiger partial charge in [-0.1, -0.05) is 12.8 Å². The first kappa shape index (κ1) is 17.5. The van der Waals surface area contributed by atoms with Gasteiger partial charge in [0.1, 0.15) is 11.6 Å². The number of rotatable bonds is 4. The summed E-state index contributed by atoms with van der Waals surface area (Å²) in [6, 6.07) is 4.80. The van der Waals surface area contributed by atoms with Crippen LogP contribution < -0.4 is 10.6 Å². The van der Waals surface area contributed by atoms with Crippen LogP contribution in [-0.4, -0.2) is 18.4 Å². The van der Waals surface area contributed by atoms with Gasteiger partial charge in [0.25, 0.3) is 0 Å². The number of anilines is 1. The van der Waals surface area contributed by atoms with E-state index in [2.05, 4.69) is 22.1 Å². The van der Waals surface area contributed by atoms with Crippen molar-refractivity contribution in [3.63, 3.8) is 0 Å². The molecule has 1 aliphatic carbocycles. The molecule has 1 fully saturated rings. The lowest BCUT2D eigenvalue weighted by Gasteiger charge is -2.28. The van der Waals surface area contributed by atoms with Crippen LogP contribution >= 0.6 is 11.3 Å². The zero-order valence-electron chi connectivity index (χ0n) is 13.5. The molecule has 1 heterocycles. The highest BCUT2D eigenvalue weighted by Gasteiger charge is 2.36. The van der Waals surface area contributed by atoms with E-state index >= 15 is 0 Å². The fraction of sp³-hybridized carbons (Fsp3) is 0.333. The lowest BCUT2D eigenvalue weighted by molar-refractivity contribution is -0.136. The Morgan fingerprint density at radius 1 is 1.12 bits per heavy atom. The average Bonchev–Trinajstić information content (AvgIpc) is 3.27. The molecule has 0 aliphatic heterocycles. The second-order valence-electron chi connectivity index (χ2n) is 6.26. The zero-order chi connectivity index (χ0) is 17.9. The second-order valence-corrected chi connectivity index (χ2v) is 7.04. The zero-order valence-corrected chi connectivity index (χ0v) is 14.3. The first-order valence-electron chi connectivity index (χ1n) is 8.07. The summed E-state index contributed by atoms with van der Waals surface area (Å²) in [5.74, 6) is -3.47. The van der Waals surface area contributed by atoms with Crippen molar-refractivity contribution in [2.45, 2.75) is 31.1 Å². The quantitative estimate of drug-likeness (QED) is 0.815. The summed E-state index contributed by atoms with van der Waals surface area (Å²) in [7, 11) is 0. The molecular weight excluding hydrogens is 346 g/mol. The molecule has 0 bridgehead atoms. The molecule has 1 aromatic carbocycles. The summed E-state index contributed by atoms with van der Waals surface area (Å²) in [6.07, 6.45) is 4.08. The Hall–Kier alpha value is -2.28. The van der Waals surface area contributed by atoms with Crippen LogP contribution in [-0.2, 0) is 15.0 Å². The molecule has 4 nitrogen and oxygen atoms in total. The van der Waals surface area contributed by atoms with E-state index in [0.29, 0.717) is 12.6 Å². The molecule has 132 valence electrons. The van der Waals surface area contributed by atoms with Gasteiger partial charge in [0.2, 0.25) is 0 Å². The van der Waals surface area contributed by atoms with Crippen LogP contribution in [0.25, 0.3) is 0 Å². The predicted octanol–water partition coefficient (Wildman–Crippen LogP) is 3.59. The van der Waals surface area contributed by atoms with Gasteiger partial charge in [0.15, 0.2) is 0 Å². The van der Waals surface area contributed by atoms with Crippen molar-refractivity contribution in [3.8, 4) is 0 Å². The Morgan fingerprint density at radius 3 is 2.52 bits per heavy atom. The van der Waals surface area contributed by atoms with Gasteiger partial charge in [-0.15, -0.1) is 0 Å². The van der Waals surface area contributed by atoms with Crippen LogP contribution in [0.3, 0.4) is 0 Å². The molecule has 2 N–H and O–H groups in total. The van der Waals surface area contributed by atoms with Crippen molar-refractivity contribution >= 4 is 28.8 Å². The highest BCUT2D eigenvalue weighted by molar-refractivity contribution is 7.08. The van der Waals surface area contributed by atoms with Gasteiger partial charge in [0.05, 0.1) is 5.69 Å². The monoisotopic (exact) mass is 364 g/mol. The van der Waals surface area contributed by atoms with E-state index in [1.165, 1.54) is 5.56 Å². The van der Waals surface area contributed by atoms with Crippen LogP contribution in [0.5, 0.6) is 0 Å². The second kappa shape index (κ2) is 7.31. The van der Waals surface area contributed by atoms with E-state index in [0.717, 1.165) is 37.8 Å². The largest absolute Gasteiger partial charge is 0.347 e. The maximum Gasteiger partial charge on any atom is 0.313 e. The number of carbonyl (C=O) groups excluding carboxylic acids is 2. The van der Waals surface area contributed by atoms with Gasteiger partial charge in [-0.05, 0) is 47.4 Å². The number of benzene rings is 1. The van der Waals surface area contributed by atoms with Crippen molar-refractivity contribution in [3.05, 3.63) is 52.2 Å². The third-order valence-electron chi connectivity index (χ3n) is 4.67. The van der Waals surface area contributed by atoms with Crippen molar-refractivity contribution < 1.29 is 18.4 Å². The Bertz CT molecular complexity index is 771. The molecule has 0 radical (unpaired) electrons. The summed E-state index contributed by atoms with van der Waals surface area (Å²) >= 11 is 1.61. The molecular formula is C18H18F2N2O2S. The van der Waals surface area contributed by atoms with E-state index in [-0.39, 0.29) is 11.1 Å². The van der Waals surface area contributed by atoms with Crippen LogP contribution in [0.4, 0.5) is 14.5 Å². The number of halogens is 2. The lowest BCUT2D eigenvalue weighted by Crippen LogP contribution is -2.43. The third kappa shape index (κ3) is 3.87. The topological polar surface area (TPSA) is 58.2 Å². The van der Waals surface area contributed by atoms with Crippen LogP contribution in [0.1, 0.15) is 31.2 Å². The fourth-order valence-electron chi connectivity index (χ4n) is 3.29.